The third-order valence-electron chi connectivity index (χ3n) is 10.9. The second kappa shape index (κ2) is 15.9. The van der Waals surface area contributed by atoms with Crippen LogP contribution in [-0.2, 0) is 13.1 Å². The van der Waals surface area contributed by atoms with Gasteiger partial charge < -0.3 is 29.2 Å². The Bertz CT molecular complexity index is 2330. The first-order valence-corrected chi connectivity index (χ1v) is 19.5. The smallest absolute Gasteiger partial charge is 0.0950 e. The minimum Gasteiger partial charge on any atom is -0.313 e. The summed E-state index contributed by atoms with van der Waals surface area (Å²) in [4.78, 5) is 15.4. The van der Waals surface area contributed by atoms with Gasteiger partial charge >= 0.3 is 0 Å². The maximum Gasteiger partial charge on any atom is 0.0950 e. The van der Waals surface area contributed by atoms with Gasteiger partial charge in [0, 0.05) is 62.8 Å². The van der Waals surface area contributed by atoms with E-state index in [4.69, 9.17) is 9.97 Å². The Hall–Kier alpha value is -5.38. The van der Waals surface area contributed by atoms with E-state index in [1.54, 1.807) is 0 Å². The first-order chi connectivity index (χ1) is 26.8. The summed E-state index contributed by atoms with van der Waals surface area (Å²) in [5, 5.41) is 7.38. The van der Waals surface area contributed by atoms with Crippen molar-refractivity contribution in [1.82, 2.24) is 39.2 Å². The first-order valence-electron chi connectivity index (χ1n) is 19.5. The molecule has 0 atom stereocenters. The molecule has 9 rings (SSSR count). The Morgan fingerprint density at radius 2 is 0.907 bits per heavy atom. The van der Waals surface area contributed by atoms with Gasteiger partial charge in [-0.1, -0.05) is 60.7 Å². The Morgan fingerprint density at radius 1 is 0.463 bits per heavy atom. The number of para-hydroxylation sites is 4. The fourth-order valence-corrected chi connectivity index (χ4v) is 8.09. The zero-order valence-electron chi connectivity index (χ0n) is 30.9. The second-order valence-electron chi connectivity index (χ2n) is 14.6. The topological polar surface area (TPSA) is 65.1 Å². The van der Waals surface area contributed by atoms with E-state index in [1.807, 2.05) is 0 Å². The molecule has 0 saturated carbocycles. The fourth-order valence-electron chi connectivity index (χ4n) is 8.09. The number of hydrogen-bond acceptors (Lipinski definition) is 6. The third-order valence-corrected chi connectivity index (χ3v) is 10.9. The summed E-state index contributed by atoms with van der Waals surface area (Å²) in [7, 11) is 0. The number of piperazine rings is 1. The van der Waals surface area contributed by atoms with Crippen molar-refractivity contribution in [3.8, 4) is 22.5 Å². The van der Waals surface area contributed by atoms with Crippen LogP contribution in [0.25, 0.3) is 55.6 Å². The number of hydrogen-bond donors (Lipinski definition) is 2. The summed E-state index contributed by atoms with van der Waals surface area (Å²) in [5.74, 6) is 0. The van der Waals surface area contributed by atoms with E-state index in [2.05, 4.69) is 163 Å². The average Bonchev–Trinajstić information content (AvgIpc) is 3.93. The van der Waals surface area contributed by atoms with Gasteiger partial charge in [0.1, 0.15) is 0 Å². The van der Waals surface area contributed by atoms with Crippen LogP contribution in [0.5, 0.6) is 0 Å². The zero-order valence-corrected chi connectivity index (χ0v) is 30.9. The normalized spacial score (nSPS) is 14.2. The molecule has 8 aromatic rings. The minimum absolute atomic E-state index is 0.866. The Balaban J connectivity index is 0.682. The van der Waals surface area contributed by atoms with E-state index in [0.29, 0.717) is 0 Å². The van der Waals surface area contributed by atoms with Crippen molar-refractivity contribution in [3.05, 3.63) is 145 Å². The van der Waals surface area contributed by atoms with Gasteiger partial charge in [0.15, 0.2) is 0 Å². The van der Waals surface area contributed by atoms with Crippen molar-refractivity contribution in [2.75, 3.05) is 52.4 Å². The summed E-state index contributed by atoms with van der Waals surface area (Å²) in [6.45, 7) is 10.7. The molecule has 0 aliphatic carbocycles. The standard InChI is InChI=1S/C46H48N8/c1-3-17-41-39(15-1)49-45(43-19-7-25-53(41)43)37-13-5-11-35(31-37)33-47-21-9-23-51-27-29-52(30-28-51)24-10-22-48-34-36-12-6-14-38(32-36)46-44-20-8-26-54(44)42-18-4-2-16-40(42)50-46/h1-8,11-20,25-26,31-32,47-48H,9-10,21-24,27-30,33-34H2. The highest BCUT2D eigenvalue weighted by atomic mass is 15.3. The molecule has 4 aromatic heterocycles. The monoisotopic (exact) mass is 712 g/mol. The van der Waals surface area contributed by atoms with Crippen molar-refractivity contribution in [3.63, 3.8) is 0 Å². The van der Waals surface area contributed by atoms with Gasteiger partial charge in [0.2, 0.25) is 0 Å². The molecule has 0 spiro atoms. The van der Waals surface area contributed by atoms with E-state index < -0.39 is 0 Å². The molecule has 8 heteroatoms. The molecule has 1 fully saturated rings. The second-order valence-corrected chi connectivity index (χ2v) is 14.6. The van der Waals surface area contributed by atoms with Crippen LogP contribution in [0, 0.1) is 0 Å². The SMILES string of the molecule is c1cc(CNCCCN2CCN(CCCNCc3cccc(-c4nc5ccccc5n5cccc45)c3)CC2)cc(-c2nc3ccccc3n3cccc23)c1. The number of nitrogens with zero attached hydrogens (tertiary/aromatic N) is 6. The van der Waals surface area contributed by atoms with Crippen molar-refractivity contribution in [1.29, 1.82) is 0 Å². The van der Waals surface area contributed by atoms with Gasteiger partial charge in [-0.2, -0.15) is 0 Å². The van der Waals surface area contributed by atoms with Crippen LogP contribution in [0.1, 0.15) is 24.0 Å². The molecule has 0 radical (unpaired) electrons. The third kappa shape index (κ3) is 7.39. The molecule has 4 aromatic carbocycles. The molecule has 2 N–H and O–H groups in total. The lowest BCUT2D eigenvalue weighted by molar-refractivity contribution is 0.130. The molecule has 1 saturated heterocycles. The van der Waals surface area contributed by atoms with Crippen molar-refractivity contribution < 1.29 is 0 Å². The molecule has 0 bridgehead atoms. The van der Waals surface area contributed by atoms with Crippen molar-refractivity contribution in [2.45, 2.75) is 25.9 Å². The quantitative estimate of drug-likeness (QED) is 0.112. The Morgan fingerprint density at radius 3 is 1.39 bits per heavy atom. The summed E-state index contributed by atoms with van der Waals surface area (Å²) >= 11 is 0. The van der Waals surface area contributed by atoms with Gasteiger partial charge in [0.05, 0.1) is 44.5 Å². The summed E-state index contributed by atoms with van der Waals surface area (Å²) in [6.07, 6.45) is 6.58. The van der Waals surface area contributed by atoms with Gasteiger partial charge in [0.25, 0.3) is 0 Å². The Kier molecular flexibility index (Phi) is 10.1. The van der Waals surface area contributed by atoms with Crippen LogP contribution < -0.4 is 10.6 Å². The number of benzene rings is 4. The van der Waals surface area contributed by atoms with Crippen molar-refractivity contribution >= 4 is 33.1 Å². The summed E-state index contributed by atoms with van der Waals surface area (Å²) in [6, 6.07) is 42.9. The minimum atomic E-state index is 0.866. The van der Waals surface area contributed by atoms with Crippen LogP contribution in [-0.4, -0.2) is 80.9 Å². The lowest BCUT2D eigenvalue weighted by atomic mass is 10.1. The maximum atomic E-state index is 5.06. The molecule has 0 unspecified atom stereocenters. The fraction of sp³-hybridized carbons (Fsp3) is 0.261. The van der Waals surface area contributed by atoms with Crippen LogP contribution >= 0.6 is 0 Å². The zero-order chi connectivity index (χ0) is 36.1. The van der Waals surface area contributed by atoms with E-state index in [9.17, 15) is 0 Å². The first kappa shape index (κ1) is 34.4. The van der Waals surface area contributed by atoms with E-state index >= 15 is 0 Å². The number of fused-ring (bicyclic) bond motifs is 6. The van der Waals surface area contributed by atoms with Gasteiger partial charge in [-0.05, 0) is 111 Å². The summed E-state index contributed by atoms with van der Waals surface area (Å²) < 4.78 is 4.49. The number of nitrogens with one attached hydrogen (secondary N) is 2. The van der Waals surface area contributed by atoms with Gasteiger partial charge in [-0.25, -0.2) is 9.97 Å². The molecular formula is C46H48N8. The highest BCUT2D eigenvalue weighted by molar-refractivity contribution is 5.89. The Labute approximate surface area is 317 Å². The highest BCUT2D eigenvalue weighted by Gasteiger charge is 2.16. The molecule has 1 aliphatic rings. The number of rotatable bonds is 14. The van der Waals surface area contributed by atoms with Crippen molar-refractivity contribution in [2.24, 2.45) is 0 Å². The maximum absolute atomic E-state index is 5.06. The largest absolute Gasteiger partial charge is 0.313 e. The molecule has 272 valence electrons. The lowest BCUT2D eigenvalue weighted by Gasteiger charge is -2.34. The predicted octanol–water partition coefficient (Wildman–Crippen LogP) is 7.90. The van der Waals surface area contributed by atoms with Crippen LogP contribution in [0.2, 0.25) is 0 Å². The molecular weight excluding hydrogens is 665 g/mol. The predicted molar refractivity (Wildman–Crippen MR) is 222 cm³/mol. The van der Waals surface area contributed by atoms with Crippen LogP contribution in [0.15, 0.2) is 134 Å². The van der Waals surface area contributed by atoms with Crippen LogP contribution in [0.3, 0.4) is 0 Å². The highest BCUT2D eigenvalue weighted by Crippen LogP contribution is 2.29. The lowest BCUT2D eigenvalue weighted by Crippen LogP contribution is -2.47. The average molecular weight is 713 g/mol. The van der Waals surface area contributed by atoms with E-state index in [0.717, 1.165) is 134 Å². The van der Waals surface area contributed by atoms with Gasteiger partial charge in [-0.15, -0.1) is 0 Å². The molecule has 54 heavy (non-hydrogen) atoms. The molecule has 5 heterocycles. The summed E-state index contributed by atoms with van der Waals surface area (Å²) in [5.41, 5.74) is 13.6. The van der Waals surface area contributed by atoms with E-state index in [1.165, 1.54) is 11.1 Å². The molecule has 1 aliphatic heterocycles. The van der Waals surface area contributed by atoms with Gasteiger partial charge in [-0.3, -0.25) is 0 Å². The van der Waals surface area contributed by atoms with E-state index in [-0.39, 0.29) is 0 Å². The van der Waals surface area contributed by atoms with Crippen LogP contribution in [0.4, 0.5) is 0 Å². The number of aromatic nitrogens is 4. The molecule has 8 nitrogen and oxygen atoms in total. The molecule has 0 amide bonds.